The minimum atomic E-state index is 0.740. The van der Waals surface area contributed by atoms with Crippen LogP contribution >= 0.6 is 0 Å². The molecule has 0 radical (unpaired) electrons. The van der Waals surface area contributed by atoms with Gasteiger partial charge in [0.25, 0.3) is 0 Å². The third kappa shape index (κ3) is 3.79. The Balaban J connectivity index is 1.54. The van der Waals surface area contributed by atoms with E-state index < -0.39 is 0 Å². The van der Waals surface area contributed by atoms with E-state index in [1.165, 1.54) is 0 Å². The molecule has 2 aromatic heterocycles. The summed E-state index contributed by atoms with van der Waals surface area (Å²) in [7, 11) is 1.66. The Labute approximate surface area is 179 Å². The van der Waals surface area contributed by atoms with Gasteiger partial charge in [-0.25, -0.2) is 9.97 Å². The molecular formula is C25H21N5O. The number of aromatic amines is 1. The summed E-state index contributed by atoms with van der Waals surface area (Å²) >= 11 is 0. The summed E-state index contributed by atoms with van der Waals surface area (Å²) in [6.45, 7) is 0. The Morgan fingerprint density at radius 2 is 1.84 bits per heavy atom. The molecule has 4 N–H and O–H groups in total. The van der Waals surface area contributed by atoms with Gasteiger partial charge in [0.05, 0.1) is 12.6 Å². The van der Waals surface area contributed by atoms with Crippen molar-refractivity contribution in [2.24, 2.45) is 0 Å². The number of nitrogen functional groups attached to an aromatic ring is 1. The molecule has 0 unspecified atom stereocenters. The van der Waals surface area contributed by atoms with Crippen molar-refractivity contribution in [2.75, 3.05) is 18.2 Å². The average Bonchev–Trinajstić information content (AvgIpc) is 3.26. The minimum absolute atomic E-state index is 0.740. The van der Waals surface area contributed by atoms with Crippen LogP contribution in [0.15, 0.2) is 73.2 Å². The van der Waals surface area contributed by atoms with Crippen LogP contribution in [-0.4, -0.2) is 22.1 Å². The molecule has 0 aliphatic heterocycles. The van der Waals surface area contributed by atoms with Crippen LogP contribution in [0.3, 0.4) is 0 Å². The minimum Gasteiger partial charge on any atom is -0.496 e. The fourth-order valence-corrected chi connectivity index (χ4v) is 3.57. The number of H-pyrrole nitrogens is 1. The number of anilines is 3. The van der Waals surface area contributed by atoms with Crippen molar-refractivity contribution >= 4 is 51.2 Å². The highest BCUT2D eigenvalue weighted by molar-refractivity contribution is 5.95. The van der Waals surface area contributed by atoms with Crippen molar-refractivity contribution in [2.45, 2.75) is 0 Å². The molecular weight excluding hydrogens is 386 g/mol. The molecule has 0 atom stereocenters. The second-order valence-electron chi connectivity index (χ2n) is 7.24. The Bertz CT molecular complexity index is 1400. The molecule has 31 heavy (non-hydrogen) atoms. The van der Waals surface area contributed by atoms with Crippen molar-refractivity contribution in [3.63, 3.8) is 0 Å². The highest BCUT2D eigenvalue weighted by Gasteiger charge is 2.10. The monoisotopic (exact) mass is 407 g/mol. The van der Waals surface area contributed by atoms with Gasteiger partial charge in [0, 0.05) is 45.5 Å². The van der Waals surface area contributed by atoms with Crippen molar-refractivity contribution < 1.29 is 4.74 Å². The molecule has 0 saturated heterocycles. The van der Waals surface area contributed by atoms with E-state index in [4.69, 9.17) is 10.5 Å². The molecule has 2 heterocycles. The number of methoxy groups -OCH3 is 1. The summed E-state index contributed by atoms with van der Waals surface area (Å²) in [4.78, 5) is 12.1. The SMILES string of the molecule is COc1cc2ncnc(Nc3ccc4[nH]ccc4c3)c2cc1/C=C/c1ccc(N)cc1. The number of ether oxygens (including phenoxy) is 1. The van der Waals surface area contributed by atoms with E-state index in [0.29, 0.717) is 0 Å². The van der Waals surface area contributed by atoms with Crippen molar-refractivity contribution in [3.05, 3.63) is 84.3 Å². The van der Waals surface area contributed by atoms with E-state index in [2.05, 4.69) is 26.3 Å². The Morgan fingerprint density at radius 1 is 0.968 bits per heavy atom. The molecule has 3 aromatic carbocycles. The predicted octanol–water partition coefficient (Wildman–Crippen LogP) is 5.62. The van der Waals surface area contributed by atoms with Gasteiger partial charge in [0.15, 0.2) is 0 Å². The number of fused-ring (bicyclic) bond motifs is 2. The van der Waals surface area contributed by atoms with E-state index in [1.807, 2.05) is 72.9 Å². The van der Waals surface area contributed by atoms with Crippen LogP contribution in [0.1, 0.15) is 11.1 Å². The summed E-state index contributed by atoms with van der Waals surface area (Å²) in [6.07, 6.45) is 7.54. The predicted molar refractivity (Wildman–Crippen MR) is 127 cm³/mol. The van der Waals surface area contributed by atoms with Crippen LogP contribution in [-0.2, 0) is 0 Å². The number of hydrogen-bond acceptors (Lipinski definition) is 5. The van der Waals surface area contributed by atoms with E-state index in [9.17, 15) is 0 Å². The zero-order valence-corrected chi connectivity index (χ0v) is 17.0. The van der Waals surface area contributed by atoms with Gasteiger partial charge in [-0.15, -0.1) is 0 Å². The molecule has 5 aromatic rings. The Morgan fingerprint density at radius 3 is 2.68 bits per heavy atom. The zero-order chi connectivity index (χ0) is 21.2. The lowest BCUT2D eigenvalue weighted by Gasteiger charge is -2.11. The van der Waals surface area contributed by atoms with Gasteiger partial charge in [-0.2, -0.15) is 0 Å². The first-order chi connectivity index (χ1) is 15.2. The molecule has 0 spiro atoms. The smallest absolute Gasteiger partial charge is 0.141 e. The summed E-state index contributed by atoms with van der Waals surface area (Å²) in [5.74, 6) is 1.49. The van der Waals surface area contributed by atoms with E-state index in [0.717, 1.165) is 55.9 Å². The van der Waals surface area contributed by atoms with Crippen molar-refractivity contribution in [1.29, 1.82) is 0 Å². The highest BCUT2D eigenvalue weighted by atomic mass is 16.5. The quantitative estimate of drug-likeness (QED) is 0.260. The first-order valence-corrected chi connectivity index (χ1v) is 9.90. The number of benzene rings is 3. The maximum Gasteiger partial charge on any atom is 0.141 e. The third-order valence-corrected chi connectivity index (χ3v) is 5.19. The summed E-state index contributed by atoms with van der Waals surface area (Å²) in [5.41, 5.74) is 11.4. The largest absolute Gasteiger partial charge is 0.496 e. The van der Waals surface area contributed by atoms with Crippen molar-refractivity contribution in [3.8, 4) is 5.75 Å². The van der Waals surface area contributed by atoms with Crippen LogP contribution < -0.4 is 15.8 Å². The lowest BCUT2D eigenvalue weighted by Crippen LogP contribution is -1.97. The number of nitrogens with zero attached hydrogens (tertiary/aromatic N) is 2. The van der Waals surface area contributed by atoms with Crippen LogP contribution in [0.4, 0.5) is 17.2 Å². The second kappa shape index (κ2) is 7.84. The van der Waals surface area contributed by atoms with Gasteiger partial charge in [-0.3, -0.25) is 0 Å². The van der Waals surface area contributed by atoms with Gasteiger partial charge < -0.3 is 20.8 Å². The molecule has 152 valence electrons. The Kier molecular flexibility index (Phi) is 4.72. The molecule has 5 rings (SSSR count). The second-order valence-corrected chi connectivity index (χ2v) is 7.24. The number of nitrogens with two attached hydrogens (primary N) is 1. The van der Waals surface area contributed by atoms with Crippen LogP contribution in [0, 0.1) is 0 Å². The third-order valence-electron chi connectivity index (χ3n) is 5.19. The van der Waals surface area contributed by atoms with Crippen LogP contribution in [0.2, 0.25) is 0 Å². The zero-order valence-electron chi connectivity index (χ0n) is 17.0. The summed E-state index contributed by atoms with van der Waals surface area (Å²) < 4.78 is 5.60. The number of nitrogens with one attached hydrogen (secondary N) is 2. The normalized spacial score (nSPS) is 11.4. The number of hydrogen-bond donors (Lipinski definition) is 3. The van der Waals surface area contributed by atoms with Gasteiger partial charge in [-0.05, 0) is 48.0 Å². The number of rotatable bonds is 5. The van der Waals surface area contributed by atoms with Gasteiger partial charge in [0.2, 0.25) is 0 Å². The fourth-order valence-electron chi connectivity index (χ4n) is 3.57. The van der Waals surface area contributed by atoms with Crippen LogP contribution in [0.25, 0.3) is 34.0 Å². The summed E-state index contributed by atoms with van der Waals surface area (Å²) in [5, 5.41) is 5.48. The topological polar surface area (TPSA) is 88.9 Å². The molecule has 0 bridgehead atoms. The van der Waals surface area contributed by atoms with Gasteiger partial charge in [-0.1, -0.05) is 24.3 Å². The molecule has 6 heteroatoms. The van der Waals surface area contributed by atoms with Crippen molar-refractivity contribution in [1.82, 2.24) is 15.0 Å². The van der Waals surface area contributed by atoms with E-state index in [-0.39, 0.29) is 0 Å². The Hall–Kier alpha value is -4.32. The molecule has 0 fully saturated rings. The lowest BCUT2D eigenvalue weighted by molar-refractivity contribution is 0.414. The van der Waals surface area contributed by atoms with Crippen LogP contribution in [0.5, 0.6) is 5.75 Å². The maximum absolute atomic E-state index is 5.78. The van der Waals surface area contributed by atoms with E-state index in [1.54, 1.807) is 13.4 Å². The first-order valence-electron chi connectivity index (χ1n) is 9.90. The van der Waals surface area contributed by atoms with E-state index >= 15 is 0 Å². The molecule has 0 aliphatic rings. The molecule has 0 saturated carbocycles. The van der Waals surface area contributed by atoms with Gasteiger partial charge >= 0.3 is 0 Å². The molecule has 0 aliphatic carbocycles. The molecule has 6 nitrogen and oxygen atoms in total. The number of aromatic nitrogens is 3. The average molecular weight is 407 g/mol. The fraction of sp³-hybridized carbons (Fsp3) is 0.0400. The molecule has 0 amide bonds. The standard InChI is InChI=1S/C25H21N5O/c1-31-24-14-23-21(13-18(24)5-2-16-3-6-19(26)7-4-16)25(29-15-28-23)30-20-8-9-22-17(12-20)10-11-27-22/h2-15,27H,26H2,1H3,(H,28,29,30)/b5-2+. The summed E-state index contributed by atoms with van der Waals surface area (Å²) in [6, 6.07) is 19.9. The first kappa shape index (κ1) is 18.7. The lowest BCUT2D eigenvalue weighted by atomic mass is 10.1. The maximum atomic E-state index is 5.78. The highest BCUT2D eigenvalue weighted by Crippen LogP contribution is 2.31. The van der Waals surface area contributed by atoms with Gasteiger partial charge in [0.1, 0.15) is 17.9 Å².